The molecular formula is C18H18F3N7O3S. The molecule has 0 saturated heterocycles. The van der Waals surface area contributed by atoms with Gasteiger partial charge >= 0.3 is 6.18 Å². The Morgan fingerprint density at radius 1 is 1.22 bits per heavy atom. The largest absolute Gasteiger partial charge is 0.416 e. The summed E-state index contributed by atoms with van der Waals surface area (Å²) in [5.74, 6) is -0.0906. The molecule has 170 valence electrons. The highest BCUT2D eigenvalue weighted by Crippen LogP contribution is 2.33. The van der Waals surface area contributed by atoms with Crippen molar-refractivity contribution in [3.63, 3.8) is 0 Å². The average molecular weight is 469 g/mol. The van der Waals surface area contributed by atoms with E-state index in [2.05, 4.69) is 25.6 Å². The zero-order chi connectivity index (χ0) is 23.3. The summed E-state index contributed by atoms with van der Waals surface area (Å²) in [7, 11) is -3.87. The molecule has 4 rings (SSSR count). The molecule has 0 fully saturated rings. The fourth-order valence-corrected chi connectivity index (χ4v) is 3.87. The van der Waals surface area contributed by atoms with Crippen LogP contribution in [0.25, 0.3) is 22.7 Å². The third-order valence-electron chi connectivity index (χ3n) is 4.45. The number of rotatable bonds is 6. The van der Waals surface area contributed by atoms with Gasteiger partial charge in [-0.15, -0.1) is 5.10 Å². The molecule has 0 amide bonds. The maximum absolute atomic E-state index is 13.1. The minimum Gasteiger partial charge on any atom is -0.272 e. The van der Waals surface area contributed by atoms with Crippen LogP contribution in [0, 0.1) is 0 Å². The standard InChI is InChI=1S/C18H18F3N7O3S/c1-4-32(29,30)17-14(16-22-7-5-12(28(16)25-17)26-31-10(2)3)15-23-13-9-11(18(19,20)21)6-8-27(13)24-15/h5-10,26H,4H2,1-3H3. The molecule has 4 heterocycles. The number of nitrogens with one attached hydrogen (secondary N) is 1. The summed E-state index contributed by atoms with van der Waals surface area (Å²) in [6.45, 7) is 5.04. The lowest BCUT2D eigenvalue weighted by Gasteiger charge is -2.10. The molecule has 32 heavy (non-hydrogen) atoms. The summed E-state index contributed by atoms with van der Waals surface area (Å²) in [6, 6.07) is 3.21. The molecule has 0 saturated carbocycles. The molecule has 0 spiro atoms. The number of halogens is 3. The van der Waals surface area contributed by atoms with E-state index >= 15 is 0 Å². The lowest BCUT2D eigenvalue weighted by Crippen LogP contribution is -2.12. The summed E-state index contributed by atoms with van der Waals surface area (Å²) >= 11 is 0. The van der Waals surface area contributed by atoms with Crippen LogP contribution in [0.4, 0.5) is 19.0 Å². The Morgan fingerprint density at radius 2 is 1.97 bits per heavy atom. The van der Waals surface area contributed by atoms with Crippen molar-refractivity contribution < 1.29 is 26.4 Å². The number of fused-ring (bicyclic) bond motifs is 2. The van der Waals surface area contributed by atoms with Crippen LogP contribution in [-0.2, 0) is 20.9 Å². The number of aromatic nitrogens is 6. The molecule has 0 atom stereocenters. The molecule has 0 unspecified atom stereocenters. The van der Waals surface area contributed by atoms with Gasteiger partial charge in [0.2, 0.25) is 0 Å². The van der Waals surface area contributed by atoms with Gasteiger partial charge in [-0.2, -0.15) is 22.8 Å². The van der Waals surface area contributed by atoms with Gasteiger partial charge in [0.15, 0.2) is 37.8 Å². The van der Waals surface area contributed by atoms with E-state index in [1.165, 1.54) is 23.7 Å². The fraction of sp³-hybridized carbons (Fsp3) is 0.333. The van der Waals surface area contributed by atoms with Crippen molar-refractivity contribution in [1.29, 1.82) is 0 Å². The first kappa shape index (κ1) is 22.0. The van der Waals surface area contributed by atoms with Crippen molar-refractivity contribution in [1.82, 2.24) is 29.2 Å². The van der Waals surface area contributed by atoms with Gasteiger partial charge in [0.25, 0.3) is 0 Å². The second-order valence-corrected chi connectivity index (χ2v) is 9.26. The van der Waals surface area contributed by atoms with Crippen molar-refractivity contribution in [3.05, 3.63) is 36.2 Å². The van der Waals surface area contributed by atoms with E-state index in [9.17, 15) is 21.6 Å². The van der Waals surface area contributed by atoms with Gasteiger partial charge < -0.3 is 0 Å². The molecule has 0 bridgehead atoms. The van der Waals surface area contributed by atoms with Crippen LogP contribution in [0.3, 0.4) is 0 Å². The maximum atomic E-state index is 13.1. The molecule has 0 aliphatic rings. The highest BCUT2D eigenvalue weighted by molar-refractivity contribution is 7.91. The highest BCUT2D eigenvalue weighted by Gasteiger charge is 2.32. The summed E-state index contributed by atoms with van der Waals surface area (Å²) in [4.78, 5) is 13.7. The molecule has 4 aromatic heterocycles. The highest BCUT2D eigenvalue weighted by atomic mass is 32.2. The first-order chi connectivity index (χ1) is 15.0. The topological polar surface area (TPSA) is 116 Å². The molecule has 0 aliphatic heterocycles. The summed E-state index contributed by atoms with van der Waals surface area (Å²) in [6.07, 6.45) is -2.24. The molecule has 14 heteroatoms. The van der Waals surface area contributed by atoms with E-state index in [1.807, 2.05) is 0 Å². The van der Waals surface area contributed by atoms with Crippen LogP contribution < -0.4 is 5.48 Å². The number of hydrogen-bond acceptors (Lipinski definition) is 8. The normalized spacial score (nSPS) is 12.8. The van der Waals surface area contributed by atoms with Crippen LogP contribution in [0.5, 0.6) is 0 Å². The third kappa shape index (κ3) is 3.86. The quantitative estimate of drug-likeness (QED) is 0.429. The monoisotopic (exact) mass is 469 g/mol. The zero-order valence-electron chi connectivity index (χ0n) is 17.1. The summed E-state index contributed by atoms with van der Waals surface area (Å²) in [5, 5.41) is 8.03. The Labute approximate surface area is 179 Å². The maximum Gasteiger partial charge on any atom is 0.416 e. The Bertz CT molecular complexity index is 1410. The van der Waals surface area contributed by atoms with E-state index in [0.717, 1.165) is 22.8 Å². The summed E-state index contributed by atoms with van der Waals surface area (Å²) in [5.41, 5.74) is 1.77. The van der Waals surface area contributed by atoms with Crippen LogP contribution in [0.2, 0.25) is 0 Å². The number of alkyl halides is 3. The third-order valence-corrected chi connectivity index (χ3v) is 6.08. The molecule has 0 radical (unpaired) electrons. The fourth-order valence-electron chi connectivity index (χ4n) is 2.90. The van der Waals surface area contributed by atoms with Gasteiger partial charge in [0.05, 0.1) is 17.4 Å². The van der Waals surface area contributed by atoms with E-state index in [1.54, 1.807) is 13.8 Å². The smallest absolute Gasteiger partial charge is 0.272 e. The van der Waals surface area contributed by atoms with Gasteiger partial charge in [-0.1, -0.05) is 6.92 Å². The predicted octanol–water partition coefficient (Wildman–Crippen LogP) is 3.00. The SMILES string of the molecule is CCS(=O)(=O)c1nn2c(NOC(C)C)ccnc2c1-c1nc2cc(C(F)(F)F)ccn2n1. The lowest BCUT2D eigenvalue weighted by atomic mass is 10.2. The van der Waals surface area contributed by atoms with Crippen molar-refractivity contribution in [2.24, 2.45) is 0 Å². The van der Waals surface area contributed by atoms with Crippen LogP contribution in [0.1, 0.15) is 26.3 Å². The van der Waals surface area contributed by atoms with Crippen LogP contribution in [0.15, 0.2) is 35.6 Å². The first-order valence-electron chi connectivity index (χ1n) is 9.47. The first-order valence-corrected chi connectivity index (χ1v) is 11.1. The Balaban J connectivity index is 1.96. The Kier molecular flexibility index (Phi) is 5.29. The number of anilines is 1. The number of sulfone groups is 1. The van der Waals surface area contributed by atoms with Crippen molar-refractivity contribution in [3.8, 4) is 11.4 Å². The lowest BCUT2D eigenvalue weighted by molar-refractivity contribution is -0.137. The number of pyridine rings is 1. The summed E-state index contributed by atoms with van der Waals surface area (Å²) < 4.78 is 67.1. The number of hydrogen-bond donors (Lipinski definition) is 1. The number of nitrogens with zero attached hydrogens (tertiary/aromatic N) is 6. The van der Waals surface area contributed by atoms with Gasteiger partial charge in [-0.05, 0) is 26.0 Å². The molecule has 1 N–H and O–H groups in total. The van der Waals surface area contributed by atoms with Crippen molar-refractivity contribution >= 4 is 26.9 Å². The van der Waals surface area contributed by atoms with Crippen LogP contribution >= 0.6 is 0 Å². The van der Waals surface area contributed by atoms with E-state index in [4.69, 9.17) is 4.84 Å². The van der Waals surface area contributed by atoms with Gasteiger partial charge in [0, 0.05) is 18.5 Å². The predicted molar refractivity (Wildman–Crippen MR) is 108 cm³/mol. The van der Waals surface area contributed by atoms with Crippen molar-refractivity contribution in [2.45, 2.75) is 38.1 Å². The van der Waals surface area contributed by atoms with E-state index in [0.29, 0.717) is 5.82 Å². The Hall–Kier alpha value is -3.26. The van der Waals surface area contributed by atoms with Gasteiger partial charge in [-0.3, -0.25) is 4.84 Å². The average Bonchev–Trinajstić information content (AvgIpc) is 3.32. The van der Waals surface area contributed by atoms with E-state index < -0.39 is 21.6 Å². The van der Waals surface area contributed by atoms with Gasteiger partial charge in [0.1, 0.15) is 5.56 Å². The van der Waals surface area contributed by atoms with Crippen LogP contribution in [-0.4, -0.2) is 49.5 Å². The van der Waals surface area contributed by atoms with E-state index in [-0.39, 0.29) is 39.6 Å². The minimum atomic E-state index is -4.56. The molecular weight excluding hydrogens is 451 g/mol. The molecule has 0 aliphatic carbocycles. The van der Waals surface area contributed by atoms with Crippen molar-refractivity contribution in [2.75, 3.05) is 11.2 Å². The molecule has 10 nitrogen and oxygen atoms in total. The second-order valence-electron chi connectivity index (χ2n) is 7.07. The Morgan fingerprint density at radius 3 is 2.62 bits per heavy atom. The minimum absolute atomic E-state index is 0.0164. The molecule has 4 aromatic rings. The molecule has 0 aromatic carbocycles. The van der Waals surface area contributed by atoms with Gasteiger partial charge in [-0.25, -0.2) is 28.4 Å². The zero-order valence-corrected chi connectivity index (χ0v) is 17.9. The second kappa shape index (κ2) is 7.70.